The van der Waals surface area contributed by atoms with E-state index in [1.807, 2.05) is 24.3 Å². The van der Waals surface area contributed by atoms with Gasteiger partial charge in [-0.25, -0.2) is 9.66 Å². The first-order chi connectivity index (χ1) is 11.1. The van der Waals surface area contributed by atoms with E-state index in [-0.39, 0.29) is 12.5 Å². The van der Waals surface area contributed by atoms with E-state index in [2.05, 4.69) is 10.4 Å². The third kappa shape index (κ3) is 3.29. The Morgan fingerprint density at radius 2 is 2.00 bits per heavy atom. The molecular formula is C16H14N4O3. The summed E-state index contributed by atoms with van der Waals surface area (Å²) < 4.78 is 6.74. The molecular weight excluding hydrogens is 296 g/mol. The number of para-hydroxylation sites is 2. The molecule has 0 saturated heterocycles. The molecule has 1 aromatic heterocycles. The van der Waals surface area contributed by atoms with Gasteiger partial charge in [0.15, 0.2) is 6.61 Å². The number of imidazole rings is 1. The second-order valence-corrected chi connectivity index (χ2v) is 4.83. The molecule has 3 N–H and O–H groups in total. The zero-order valence-electron chi connectivity index (χ0n) is 12.1. The molecule has 0 spiro atoms. The Hall–Kier alpha value is -3.35. The van der Waals surface area contributed by atoms with E-state index in [1.54, 1.807) is 22.9 Å². The number of amides is 2. The summed E-state index contributed by atoms with van der Waals surface area (Å²) in [5.41, 5.74) is 9.74. The molecule has 0 radical (unpaired) electrons. The molecule has 0 saturated carbocycles. The van der Waals surface area contributed by atoms with Gasteiger partial charge in [-0.2, -0.15) is 0 Å². The summed E-state index contributed by atoms with van der Waals surface area (Å²) in [6.07, 6.45) is 1.54. The number of carbonyl (C=O) groups is 2. The van der Waals surface area contributed by atoms with Crippen molar-refractivity contribution in [3.8, 4) is 5.75 Å². The van der Waals surface area contributed by atoms with Crippen molar-refractivity contribution in [3.05, 3.63) is 60.4 Å². The summed E-state index contributed by atoms with van der Waals surface area (Å²) in [6, 6.07) is 13.9. The normalized spacial score (nSPS) is 10.4. The highest BCUT2D eigenvalue weighted by molar-refractivity contribution is 6.01. The lowest BCUT2D eigenvalue weighted by Crippen LogP contribution is -2.22. The van der Waals surface area contributed by atoms with Crippen molar-refractivity contribution in [3.63, 3.8) is 0 Å². The van der Waals surface area contributed by atoms with E-state index in [9.17, 15) is 9.59 Å². The van der Waals surface area contributed by atoms with Gasteiger partial charge in [0.05, 0.1) is 11.0 Å². The average molecular weight is 310 g/mol. The number of hydrogen-bond donors (Lipinski definition) is 2. The van der Waals surface area contributed by atoms with Crippen LogP contribution in [0.15, 0.2) is 54.9 Å². The van der Waals surface area contributed by atoms with E-state index in [0.29, 0.717) is 11.3 Å². The summed E-state index contributed by atoms with van der Waals surface area (Å²) in [6.45, 7) is -0.239. The molecule has 3 aromatic rings. The lowest BCUT2D eigenvalue weighted by atomic mass is 10.2. The molecule has 0 aliphatic heterocycles. The first-order valence-corrected chi connectivity index (χ1v) is 6.88. The number of fused-ring (bicyclic) bond motifs is 1. The number of primary amides is 1. The molecule has 0 aliphatic carbocycles. The standard InChI is InChI=1S/C16H14N4O3/c17-15(21)9-23-12-5-3-4-11(8-12)16(22)19-20-10-18-13-6-1-2-7-14(13)20/h1-8,10H,9H2,(H2,17,21)(H,19,22). The first-order valence-electron chi connectivity index (χ1n) is 6.88. The Morgan fingerprint density at radius 1 is 1.17 bits per heavy atom. The number of nitrogens with two attached hydrogens (primary N) is 1. The van der Waals surface area contributed by atoms with Crippen molar-refractivity contribution in [2.24, 2.45) is 5.73 Å². The van der Waals surface area contributed by atoms with Crippen molar-refractivity contribution in [2.75, 3.05) is 12.0 Å². The van der Waals surface area contributed by atoms with Crippen LogP contribution in [-0.2, 0) is 4.79 Å². The molecule has 0 unspecified atom stereocenters. The monoisotopic (exact) mass is 310 g/mol. The van der Waals surface area contributed by atoms with Gasteiger partial charge in [0.2, 0.25) is 0 Å². The second kappa shape index (κ2) is 6.18. The Labute approximate surface area is 131 Å². The summed E-state index contributed by atoms with van der Waals surface area (Å²) in [5, 5.41) is 0. The zero-order valence-corrected chi connectivity index (χ0v) is 12.1. The number of rotatable bonds is 5. The van der Waals surface area contributed by atoms with Crippen molar-refractivity contribution in [1.29, 1.82) is 0 Å². The summed E-state index contributed by atoms with van der Waals surface area (Å²) in [4.78, 5) is 27.3. The van der Waals surface area contributed by atoms with Gasteiger partial charge in [0.1, 0.15) is 12.1 Å². The predicted octanol–water partition coefficient (Wildman–Crippen LogP) is 1.28. The van der Waals surface area contributed by atoms with E-state index in [1.165, 1.54) is 12.4 Å². The van der Waals surface area contributed by atoms with Gasteiger partial charge < -0.3 is 10.5 Å². The third-order valence-electron chi connectivity index (χ3n) is 3.15. The maximum Gasteiger partial charge on any atom is 0.270 e. The molecule has 2 amide bonds. The van der Waals surface area contributed by atoms with E-state index >= 15 is 0 Å². The van der Waals surface area contributed by atoms with Crippen LogP contribution in [-0.4, -0.2) is 28.1 Å². The van der Waals surface area contributed by atoms with Crippen molar-refractivity contribution in [2.45, 2.75) is 0 Å². The first kappa shape index (κ1) is 14.6. The van der Waals surface area contributed by atoms with Crippen LogP contribution < -0.4 is 15.9 Å². The van der Waals surface area contributed by atoms with Crippen LogP contribution in [0.1, 0.15) is 10.4 Å². The Balaban J connectivity index is 1.78. The minimum absolute atomic E-state index is 0.239. The molecule has 0 atom stereocenters. The molecule has 7 heteroatoms. The Morgan fingerprint density at radius 3 is 2.83 bits per heavy atom. The van der Waals surface area contributed by atoms with E-state index in [0.717, 1.165) is 11.0 Å². The molecule has 0 aliphatic rings. The van der Waals surface area contributed by atoms with Crippen LogP contribution in [0, 0.1) is 0 Å². The summed E-state index contributed by atoms with van der Waals surface area (Å²) in [7, 11) is 0. The van der Waals surface area contributed by atoms with Crippen molar-refractivity contribution >= 4 is 22.8 Å². The number of nitrogens with one attached hydrogen (secondary N) is 1. The lowest BCUT2D eigenvalue weighted by molar-refractivity contribution is -0.119. The van der Waals surface area contributed by atoms with Gasteiger partial charge in [-0.1, -0.05) is 18.2 Å². The highest BCUT2D eigenvalue weighted by atomic mass is 16.5. The highest BCUT2D eigenvalue weighted by Crippen LogP contribution is 2.14. The number of nitrogens with zero attached hydrogens (tertiary/aromatic N) is 2. The topological polar surface area (TPSA) is 99.2 Å². The van der Waals surface area contributed by atoms with Gasteiger partial charge in [-0.05, 0) is 30.3 Å². The van der Waals surface area contributed by atoms with Crippen LogP contribution in [0.25, 0.3) is 11.0 Å². The van der Waals surface area contributed by atoms with Gasteiger partial charge in [-0.3, -0.25) is 15.0 Å². The molecule has 2 aromatic carbocycles. The minimum Gasteiger partial charge on any atom is -0.484 e. The number of ether oxygens (including phenoxy) is 1. The number of hydrogen-bond acceptors (Lipinski definition) is 4. The van der Waals surface area contributed by atoms with Crippen molar-refractivity contribution in [1.82, 2.24) is 9.66 Å². The predicted molar refractivity (Wildman–Crippen MR) is 84.6 cm³/mol. The Kier molecular flexibility index (Phi) is 3.92. The number of carbonyl (C=O) groups excluding carboxylic acids is 2. The van der Waals surface area contributed by atoms with Gasteiger partial charge in [0.25, 0.3) is 11.8 Å². The second-order valence-electron chi connectivity index (χ2n) is 4.83. The lowest BCUT2D eigenvalue weighted by Gasteiger charge is -2.09. The molecule has 1 heterocycles. The van der Waals surface area contributed by atoms with Crippen LogP contribution in [0.3, 0.4) is 0 Å². The Bertz CT molecular complexity index is 872. The number of benzene rings is 2. The van der Waals surface area contributed by atoms with Crippen LogP contribution >= 0.6 is 0 Å². The SMILES string of the molecule is NC(=O)COc1cccc(C(=O)Nn2cnc3ccccc32)c1. The molecule has 0 bridgehead atoms. The van der Waals surface area contributed by atoms with E-state index < -0.39 is 5.91 Å². The minimum atomic E-state index is -0.579. The summed E-state index contributed by atoms with van der Waals surface area (Å²) >= 11 is 0. The fraction of sp³-hybridized carbons (Fsp3) is 0.0625. The fourth-order valence-electron chi connectivity index (χ4n) is 2.10. The third-order valence-corrected chi connectivity index (χ3v) is 3.15. The quantitative estimate of drug-likeness (QED) is 0.741. The smallest absolute Gasteiger partial charge is 0.270 e. The molecule has 0 fully saturated rings. The van der Waals surface area contributed by atoms with Crippen LogP contribution in [0.2, 0.25) is 0 Å². The van der Waals surface area contributed by atoms with E-state index in [4.69, 9.17) is 10.5 Å². The molecule has 116 valence electrons. The van der Waals surface area contributed by atoms with Gasteiger partial charge >= 0.3 is 0 Å². The maximum absolute atomic E-state index is 12.3. The summed E-state index contributed by atoms with van der Waals surface area (Å²) in [5.74, 6) is -0.505. The van der Waals surface area contributed by atoms with Gasteiger partial charge in [0, 0.05) is 5.56 Å². The molecule has 23 heavy (non-hydrogen) atoms. The average Bonchev–Trinajstić information content (AvgIpc) is 2.96. The highest BCUT2D eigenvalue weighted by Gasteiger charge is 2.09. The van der Waals surface area contributed by atoms with Gasteiger partial charge in [-0.15, -0.1) is 0 Å². The molecule has 7 nitrogen and oxygen atoms in total. The van der Waals surface area contributed by atoms with Crippen LogP contribution in [0.5, 0.6) is 5.75 Å². The zero-order chi connectivity index (χ0) is 16.2. The fourth-order valence-corrected chi connectivity index (χ4v) is 2.10. The van der Waals surface area contributed by atoms with Crippen LogP contribution in [0.4, 0.5) is 0 Å². The molecule has 3 rings (SSSR count). The maximum atomic E-state index is 12.3. The largest absolute Gasteiger partial charge is 0.484 e. The van der Waals surface area contributed by atoms with Crippen molar-refractivity contribution < 1.29 is 14.3 Å². The number of aromatic nitrogens is 2.